The number of carbonyl (C=O) groups is 1. The molecular formula is C16H16Cl2F3N3O2. The molecule has 142 valence electrons. The Kier molecular flexibility index (Phi) is 7.68. The molecule has 2 N–H and O–H groups in total. The summed E-state index contributed by atoms with van der Waals surface area (Å²) in [5.74, 6) is 0.164. The molecule has 0 fully saturated rings. The number of hydrogen-bond donors (Lipinski definition) is 2. The summed E-state index contributed by atoms with van der Waals surface area (Å²) in [5, 5.41) is 5.80. The highest BCUT2D eigenvalue weighted by Gasteiger charge is 2.30. The van der Waals surface area contributed by atoms with Crippen LogP contribution in [0.15, 0.2) is 36.5 Å². The van der Waals surface area contributed by atoms with Crippen LogP contribution in [-0.4, -0.2) is 24.0 Å². The van der Waals surface area contributed by atoms with E-state index in [1.807, 2.05) is 0 Å². The van der Waals surface area contributed by atoms with E-state index in [0.717, 1.165) is 30.0 Å². The number of hydrogen-bond acceptors (Lipinski definition) is 4. The second kappa shape index (κ2) is 9.07. The maximum Gasteiger partial charge on any atom is 0.417 e. The number of alkyl halides is 3. The van der Waals surface area contributed by atoms with E-state index in [4.69, 9.17) is 4.74 Å². The molecule has 0 saturated heterocycles. The Bertz CT molecular complexity index is 755. The average Bonchev–Trinajstić information content (AvgIpc) is 2.79. The van der Waals surface area contributed by atoms with Crippen molar-refractivity contribution in [3.8, 4) is 5.75 Å². The van der Waals surface area contributed by atoms with Gasteiger partial charge in [0.15, 0.2) is 0 Å². The van der Waals surface area contributed by atoms with Gasteiger partial charge in [-0.15, -0.1) is 24.8 Å². The van der Waals surface area contributed by atoms with Crippen LogP contribution >= 0.6 is 24.8 Å². The summed E-state index contributed by atoms with van der Waals surface area (Å²) in [5.41, 5.74) is 0.429. The number of nitrogens with zero attached hydrogens (tertiary/aromatic N) is 1. The number of carbonyl (C=O) groups excluding carboxylic acids is 1. The lowest BCUT2D eigenvalue weighted by Crippen LogP contribution is -2.16. The Morgan fingerprint density at radius 1 is 1.19 bits per heavy atom. The molecule has 0 saturated carbocycles. The summed E-state index contributed by atoms with van der Waals surface area (Å²) in [7, 11) is 0. The fourth-order valence-electron chi connectivity index (χ4n) is 2.28. The van der Waals surface area contributed by atoms with E-state index in [1.54, 1.807) is 18.2 Å². The monoisotopic (exact) mass is 409 g/mol. The van der Waals surface area contributed by atoms with Gasteiger partial charge in [-0.05, 0) is 30.3 Å². The zero-order valence-electron chi connectivity index (χ0n) is 13.3. The average molecular weight is 410 g/mol. The van der Waals surface area contributed by atoms with Crippen molar-refractivity contribution in [2.45, 2.75) is 12.7 Å². The highest BCUT2D eigenvalue weighted by atomic mass is 35.5. The van der Waals surface area contributed by atoms with E-state index in [0.29, 0.717) is 25.0 Å². The second-order valence-electron chi connectivity index (χ2n) is 5.23. The van der Waals surface area contributed by atoms with Crippen LogP contribution in [0.5, 0.6) is 5.75 Å². The molecular weight excluding hydrogens is 394 g/mol. The van der Waals surface area contributed by atoms with Crippen LogP contribution in [0, 0.1) is 0 Å². The third-order valence-electron chi connectivity index (χ3n) is 3.49. The first-order valence-electron chi connectivity index (χ1n) is 7.24. The minimum Gasteiger partial charge on any atom is -0.492 e. The highest BCUT2D eigenvalue weighted by molar-refractivity contribution is 6.02. The molecule has 0 radical (unpaired) electrons. The van der Waals surface area contributed by atoms with Gasteiger partial charge in [-0.1, -0.05) is 0 Å². The van der Waals surface area contributed by atoms with Crippen LogP contribution in [0.3, 0.4) is 0 Å². The third kappa shape index (κ3) is 5.23. The lowest BCUT2D eigenvalue weighted by molar-refractivity contribution is -0.137. The Morgan fingerprint density at radius 3 is 2.62 bits per heavy atom. The molecule has 3 rings (SSSR count). The first kappa shape index (κ1) is 22.0. The SMILES string of the molecule is Cl.Cl.O=C(Nc1ccc2c(c1)CNCCO2)c1ccc(C(F)(F)F)cn1. The van der Waals surface area contributed by atoms with E-state index >= 15 is 0 Å². The Hall–Kier alpha value is -2.03. The number of benzene rings is 1. The fourth-order valence-corrected chi connectivity index (χ4v) is 2.28. The van der Waals surface area contributed by atoms with Gasteiger partial charge in [0.2, 0.25) is 0 Å². The van der Waals surface area contributed by atoms with Crippen molar-refractivity contribution in [3.63, 3.8) is 0 Å². The van der Waals surface area contributed by atoms with Crippen LogP contribution in [0.4, 0.5) is 18.9 Å². The minimum absolute atomic E-state index is 0. The molecule has 0 bridgehead atoms. The summed E-state index contributed by atoms with van der Waals surface area (Å²) >= 11 is 0. The van der Waals surface area contributed by atoms with Crippen molar-refractivity contribution in [1.29, 1.82) is 0 Å². The van der Waals surface area contributed by atoms with Gasteiger partial charge in [-0.2, -0.15) is 13.2 Å². The van der Waals surface area contributed by atoms with Gasteiger partial charge in [-0.3, -0.25) is 9.78 Å². The zero-order valence-corrected chi connectivity index (χ0v) is 14.9. The first-order valence-corrected chi connectivity index (χ1v) is 7.24. The van der Waals surface area contributed by atoms with Crippen LogP contribution in [0.25, 0.3) is 0 Å². The quantitative estimate of drug-likeness (QED) is 0.793. The number of amides is 1. The van der Waals surface area contributed by atoms with Crippen molar-refractivity contribution in [2.75, 3.05) is 18.5 Å². The summed E-state index contributed by atoms with van der Waals surface area (Å²) < 4.78 is 43.1. The predicted molar refractivity (Wildman–Crippen MR) is 95.3 cm³/mol. The Morgan fingerprint density at radius 2 is 1.96 bits per heavy atom. The largest absolute Gasteiger partial charge is 0.492 e. The molecule has 1 aromatic carbocycles. The number of nitrogens with one attached hydrogen (secondary N) is 2. The van der Waals surface area contributed by atoms with Gasteiger partial charge in [-0.25, -0.2) is 0 Å². The first-order chi connectivity index (χ1) is 11.4. The van der Waals surface area contributed by atoms with E-state index in [2.05, 4.69) is 15.6 Å². The van der Waals surface area contributed by atoms with E-state index in [-0.39, 0.29) is 30.5 Å². The molecule has 0 spiro atoms. The topological polar surface area (TPSA) is 63.2 Å². The van der Waals surface area contributed by atoms with Crippen molar-refractivity contribution < 1.29 is 22.7 Å². The fraction of sp³-hybridized carbons (Fsp3) is 0.250. The van der Waals surface area contributed by atoms with Crippen molar-refractivity contribution in [1.82, 2.24) is 10.3 Å². The smallest absolute Gasteiger partial charge is 0.417 e. The molecule has 26 heavy (non-hydrogen) atoms. The molecule has 10 heteroatoms. The lowest BCUT2D eigenvalue weighted by Gasteiger charge is -2.10. The molecule has 1 amide bonds. The van der Waals surface area contributed by atoms with E-state index < -0.39 is 17.6 Å². The molecule has 1 aromatic heterocycles. The van der Waals surface area contributed by atoms with Crippen LogP contribution in [0.1, 0.15) is 21.6 Å². The van der Waals surface area contributed by atoms with Crippen molar-refractivity contribution in [2.24, 2.45) is 0 Å². The standard InChI is InChI=1S/C16H14F3N3O2.2ClH/c17-16(18,19)11-1-3-13(21-9-11)15(23)22-12-2-4-14-10(7-12)8-20-5-6-24-14;;/h1-4,7,9,20H,5-6,8H2,(H,22,23);2*1H. The zero-order chi connectivity index (χ0) is 17.2. The molecule has 2 aromatic rings. The lowest BCUT2D eigenvalue weighted by atomic mass is 10.1. The van der Waals surface area contributed by atoms with E-state index in [9.17, 15) is 18.0 Å². The molecule has 2 heterocycles. The minimum atomic E-state index is -4.48. The maximum absolute atomic E-state index is 12.5. The molecule has 0 aliphatic carbocycles. The number of ether oxygens (including phenoxy) is 1. The van der Waals surface area contributed by atoms with Gasteiger partial charge in [0.25, 0.3) is 5.91 Å². The Labute approximate surface area is 160 Å². The van der Waals surface area contributed by atoms with Gasteiger partial charge >= 0.3 is 6.18 Å². The Balaban J connectivity index is 0.00000169. The number of anilines is 1. The summed E-state index contributed by atoms with van der Waals surface area (Å²) in [4.78, 5) is 15.7. The molecule has 0 atom stereocenters. The van der Waals surface area contributed by atoms with Gasteiger partial charge in [0, 0.05) is 30.5 Å². The van der Waals surface area contributed by atoms with Gasteiger partial charge in [0.1, 0.15) is 18.1 Å². The number of aromatic nitrogens is 1. The summed E-state index contributed by atoms with van der Waals surface area (Å²) in [6.07, 6.45) is -3.84. The highest BCUT2D eigenvalue weighted by Crippen LogP contribution is 2.28. The van der Waals surface area contributed by atoms with E-state index in [1.165, 1.54) is 0 Å². The molecule has 1 aliphatic heterocycles. The van der Waals surface area contributed by atoms with Gasteiger partial charge in [0.05, 0.1) is 5.56 Å². The van der Waals surface area contributed by atoms with Crippen molar-refractivity contribution >= 4 is 36.4 Å². The molecule has 5 nitrogen and oxygen atoms in total. The summed E-state index contributed by atoms with van der Waals surface area (Å²) in [6.45, 7) is 1.90. The predicted octanol–water partition coefficient (Wildman–Crippen LogP) is 3.68. The maximum atomic E-state index is 12.5. The number of halogens is 5. The molecule has 1 aliphatic rings. The van der Waals surface area contributed by atoms with Gasteiger partial charge < -0.3 is 15.4 Å². The second-order valence-corrected chi connectivity index (χ2v) is 5.23. The van der Waals surface area contributed by atoms with Crippen molar-refractivity contribution in [3.05, 3.63) is 53.3 Å². The summed E-state index contributed by atoms with van der Waals surface area (Å²) in [6, 6.07) is 7.06. The molecule has 0 unspecified atom stereocenters. The third-order valence-corrected chi connectivity index (χ3v) is 3.49. The number of rotatable bonds is 2. The van der Waals surface area contributed by atoms with Crippen LogP contribution in [-0.2, 0) is 12.7 Å². The van der Waals surface area contributed by atoms with Crippen LogP contribution in [0.2, 0.25) is 0 Å². The van der Waals surface area contributed by atoms with Crippen LogP contribution < -0.4 is 15.4 Å². The normalized spacial score (nSPS) is 13.2. The number of fused-ring (bicyclic) bond motifs is 1. The number of pyridine rings is 1.